The first kappa shape index (κ1) is 12.8. The van der Waals surface area contributed by atoms with Crippen LogP contribution in [0.3, 0.4) is 0 Å². The fraction of sp³-hybridized carbons (Fsp3) is 0.750. The second kappa shape index (κ2) is 5.33. The van der Waals surface area contributed by atoms with Gasteiger partial charge in [0.2, 0.25) is 0 Å². The first-order valence-electron chi connectivity index (χ1n) is 6.19. The standard InChI is InChI=1S/C12H22N4S/c1-9-11(8-13)17-12(14-9)16-6-4-10(5-7-16)15(2)3/h10H,4-8,13H2,1-3H3. The fourth-order valence-electron chi connectivity index (χ4n) is 2.31. The third-order valence-electron chi connectivity index (χ3n) is 3.53. The Morgan fingerprint density at radius 3 is 2.53 bits per heavy atom. The molecule has 0 amide bonds. The van der Waals surface area contributed by atoms with Crippen LogP contribution in [0.1, 0.15) is 23.4 Å². The molecule has 0 atom stereocenters. The molecule has 96 valence electrons. The summed E-state index contributed by atoms with van der Waals surface area (Å²) in [7, 11) is 4.33. The van der Waals surface area contributed by atoms with Crippen LogP contribution in [0.5, 0.6) is 0 Å². The van der Waals surface area contributed by atoms with Gasteiger partial charge < -0.3 is 15.5 Å². The minimum absolute atomic E-state index is 0.609. The summed E-state index contributed by atoms with van der Waals surface area (Å²) in [5.41, 5.74) is 6.80. The van der Waals surface area contributed by atoms with Crippen LogP contribution in [0.4, 0.5) is 5.13 Å². The molecule has 1 aromatic rings. The highest BCUT2D eigenvalue weighted by atomic mass is 32.1. The average Bonchev–Trinajstić information content (AvgIpc) is 2.70. The summed E-state index contributed by atoms with van der Waals surface area (Å²) in [5, 5.41) is 1.15. The van der Waals surface area contributed by atoms with Gasteiger partial charge in [0.25, 0.3) is 0 Å². The van der Waals surface area contributed by atoms with Crippen molar-refractivity contribution in [3.63, 3.8) is 0 Å². The van der Waals surface area contributed by atoms with E-state index < -0.39 is 0 Å². The maximum Gasteiger partial charge on any atom is 0.185 e. The third kappa shape index (κ3) is 2.78. The molecule has 2 heterocycles. The van der Waals surface area contributed by atoms with Gasteiger partial charge in [-0.05, 0) is 33.9 Å². The lowest BCUT2D eigenvalue weighted by atomic mass is 10.0. The summed E-state index contributed by atoms with van der Waals surface area (Å²) >= 11 is 1.75. The van der Waals surface area contributed by atoms with Crippen LogP contribution in [0.25, 0.3) is 0 Å². The second-order valence-electron chi connectivity index (χ2n) is 4.89. The average molecular weight is 254 g/mol. The number of rotatable bonds is 3. The maximum atomic E-state index is 5.70. The van der Waals surface area contributed by atoms with Crippen LogP contribution in [0.15, 0.2) is 0 Å². The molecule has 2 N–H and O–H groups in total. The fourth-order valence-corrected chi connectivity index (χ4v) is 3.30. The van der Waals surface area contributed by atoms with Crippen molar-refractivity contribution in [1.82, 2.24) is 9.88 Å². The van der Waals surface area contributed by atoms with Crippen LogP contribution >= 0.6 is 11.3 Å². The molecule has 0 unspecified atom stereocenters. The quantitative estimate of drug-likeness (QED) is 0.886. The summed E-state index contributed by atoms with van der Waals surface area (Å²) < 4.78 is 0. The number of piperidine rings is 1. The summed E-state index contributed by atoms with van der Waals surface area (Å²) in [5.74, 6) is 0. The van der Waals surface area contributed by atoms with E-state index in [9.17, 15) is 0 Å². The van der Waals surface area contributed by atoms with Gasteiger partial charge in [0.15, 0.2) is 5.13 Å². The van der Waals surface area contributed by atoms with Crippen molar-refractivity contribution >= 4 is 16.5 Å². The second-order valence-corrected chi connectivity index (χ2v) is 5.95. The Labute approximate surface area is 107 Å². The zero-order valence-electron chi connectivity index (χ0n) is 10.9. The minimum atomic E-state index is 0.609. The van der Waals surface area contributed by atoms with Crippen molar-refractivity contribution in [3.05, 3.63) is 10.6 Å². The maximum absolute atomic E-state index is 5.70. The van der Waals surface area contributed by atoms with Crippen molar-refractivity contribution in [2.24, 2.45) is 5.73 Å². The molecule has 1 aliphatic heterocycles. The molecule has 0 bridgehead atoms. The van der Waals surface area contributed by atoms with Gasteiger partial charge in [-0.3, -0.25) is 0 Å². The molecular weight excluding hydrogens is 232 g/mol. The SMILES string of the molecule is Cc1nc(N2CCC(N(C)C)CC2)sc1CN. The van der Waals surface area contributed by atoms with E-state index in [0.717, 1.165) is 30.0 Å². The number of aryl methyl sites for hydroxylation is 1. The molecule has 1 saturated heterocycles. The number of thiazole rings is 1. The highest BCUT2D eigenvalue weighted by Gasteiger charge is 2.22. The van der Waals surface area contributed by atoms with Crippen molar-refractivity contribution in [1.29, 1.82) is 0 Å². The summed E-state index contributed by atoms with van der Waals surface area (Å²) in [4.78, 5) is 10.6. The van der Waals surface area contributed by atoms with E-state index in [1.165, 1.54) is 17.7 Å². The molecule has 2 rings (SSSR count). The summed E-state index contributed by atoms with van der Waals surface area (Å²) in [6.07, 6.45) is 2.45. The molecule has 1 fully saturated rings. The van der Waals surface area contributed by atoms with Gasteiger partial charge in [-0.25, -0.2) is 4.98 Å². The smallest absolute Gasteiger partial charge is 0.185 e. The number of nitrogens with zero attached hydrogens (tertiary/aromatic N) is 3. The van der Waals surface area contributed by atoms with Crippen molar-refractivity contribution in [2.45, 2.75) is 32.4 Å². The Kier molecular flexibility index (Phi) is 4.01. The molecule has 0 aliphatic carbocycles. The summed E-state index contributed by atoms with van der Waals surface area (Å²) in [6, 6.07) is 0.723. The Bertz CT molecular complexity index is 367. The third-order valence-corrected chi connectivity index (χ3v) is 4.77. The Balaban J connectivity index is 2.00. The molecule has 17 heavy (non-hydrogen) atoms. The molecule has 5 heteroatoms. The molecule has 0 saturated carbocycles. The molecule has 0 radical (unpaired) electrons. The lowest BCUT2D eigenvalue weighted by molar-refractivity contribution is 0.249. The summed E-state index contributed by atoms with van der Waals surface area (Å²) in [6.45, 7) is 4.88. The van der Waals surface area contributed by atoms with E-state index in [1.54, 1.807) is 11.3 Å². The van der Waals surface area contributed by atoms with E-state index in [0.29, 0.717) is 6.54 Å². The normalized spacial score (nSPS) is 18.1. The van der Waals surface area contributed by atoms with E-state index in [2.05, 4.69) is 35.8 Å². The van der Waals surface area contributed by atoms with Crippen molar-refractivity contribution in [2.75, 3.05) is 32.1 Å². The molecule has 1 aliphatic rings. The van der Waals surface area contributed by atoms with Crippen LogP contribution < -0.4 is 10.6 Å². The lowest BCUT2D eigenvalue weighted by Gasteiger charge is -2.35. The van der Waals surface area contributed by atoms with E-state index in [4.69, 9.17) is 5.73 Å². The Morgan fingerprint density at radius 1 is 1.41 bits per heavy atom. The zero-order chi connectivity index (χ0) is 12.4. The van der Waals surface area contributed by atoms with Crippen LogP contribution in [0.2, 0.25) is 0 Å². The van der Waals surface area contributed by atoms with Crippen LogP contribution in [-0.2, 0) is 6.54 Å². The molecule has 0 spiro atoms. The van der Waals surface area contributed by atoms with Gasteiger partial charge in [0, 0.05) is 30.6 Å². The zero-order valence-corrected chi connectivity index (χ0v) is 11.8. The van der Waals surface area contributed by atoms with Crippen LogP contribution in [-0.4, -0.2) is 43.1 Å². The van der Waals surface area contributed by atoms with Crippen molar-refractivity contribution in [3.8, 4) is 0 Å². The van der Waals surface area contributed by atoms with Gasteiger partial charge >= 0.3 is 0 Å². The number of nitrogens with two attached hydrogens (primary N) is 1. The molecule has 0 aromatic carbocycles. The molecule has 1 aromatic heterocycles. The van der Waals surface area contributed by atoms with Gasteiger partial charge in [0.05, 0.1) is 5.69 Å². The Hall–Kier alpha value is -0.650. The molecule has 4 nitrogen and oxygen atoms in total. The van der Waals surface area contributed by atoms with Gasteiger partial charge in [0.1, 0.15) is 0 Å². The van der Waals surface area contributed by atoms with E-state index in [-0.39, 0.29) is 0 Å². The lowest BCUT2D eigenvalue weighted by Crippen LogP contribution is -2.41. The number of hydrogen-bond donors (Lipinski definition) is 1. The number of hydrogen-bond acceptors (Lipinski definition) is 5. The largest absolute Gasteiger partial charge is 0.348 e. The molecular formula is C12H22N4S. The predicted octanol–water partition coefficient (Wildman–Crippen LogP) is 1.44. The van der Waals surface area contributed by atoms with E-state index >= 15 is 0 Å². The van der Waals surface area contributed by atoms with E-state index in [1.807, 2.05) is 0 Å². The Morgan fingerprint density at radius 2 is 2.06 bits per heavy atom. The number of aromatic nitrogens is 1. The van der Waals surface area contributed by atoms with Gasteiger partial charge in [-0.2, -0.15) is 0 Å². The monoisotopic (exact) mass is 254 g/mol. The predicted molar refractivity (Wildman–Crippen MR) is 73.7 cm³/mol. The van der Waals surface area contributed by atoms with Gasteiger partial charge in [-0.1, -0.05) is 0 Å². The van der Waals surface area contributed by atoms with Gasteiger partial charge in [-0.15, -0.1) is 11.3 Å². The highest BCUT2D eigenvalue weighted by Crippen LogP contribution is 2.28. The highest BCUT2D eigenvalue weighted by molar-refractivity contribution is 7.15. The first-order chi connectivity index (χ1) is 8.11. The minimum Gasteiger partial charge on any atom is -0.348 e. The first-order valence-corrected chi connectivity index (χ1v) is 7.01. The number of anilines is 1. The van der Waals surface area contributed by atoms with Crippen LogP contribution in [0, 0.1) is 6.92 Å². The topological polar surface area (TPSA) is 45.4 Å². The van der Waals surface area contributed by atoms with Crippen molar-refractivity contribution < 1.29 is 0 Å².